The van der Waals surface area contributed by atoms with E-state index in [1.807, 2.05) is 13.0 Å². The Hall–Kier alpha value is -2.21. The van der Waals surface area contributed by atoms with Crippen molar-refractivity contribution in [1.82, 2.24) is 0 Å². The molecule has 1 aromatic carbocycles. The van der Waals surface area contributed by atoms with Crippen molar-refractivity contribution in [3.8, 4) is 18.1 Å². The molecule has 0 unspecified atom stereocenters. The molecule has 2 rings (SSSR count). The Labute approximate surface area is 92.7 Å². The second-order valence-electron chi connectivity index (χ2n) is 3.40. The average molecular weight is 214 g/mol. The number of hydrogen-bond donors (Lipinski definition) is 0. The summed E-state index contributed by atoms with van der Waals surface area (Å²) >= 11 is 0. The Balaban J connectivity index is 2.57. The first-order chi connectivity index (χ1) is 7.70. The lowest BCUT2D eigenvalue weighted by atomic mass is 10.1. The molecule has 3 heteroatoms. The van der Waals surface area contributed by atoms with Crippen molar-refractivity contribution < 1.29 is 9.15 Å². The minimum absolute atomic E-state index is 0.196. The molecular weight excluding hydrogens is 204 g/mol. The predicted molar refractivity (Wildman–Crippen MR) is 61.5 cm³/mol. The van der Waals surface area contributed by atoms with Crippen LogP contribution in [0.4, 0.5) is 0 Å². The van der Waals surface area contributed by atoms with E-state index in [0.29, 0.717) is 11.3 Å². The van der Waals surface area contributed by atoms with Gasteiger partial charge in [0.15, 0.2) is 0 Å². The zero-order valence-electron chi connectivity index (χ0n) is 8.82. The molecule has 0 amide bonds. The van der Waals surface area contributed by atoms with Gasteiger partial charge >= 0.3 is 5.63 Å². The molecule has 80 valence electrons. The van der Waals surface area contributed by atoms with E-state index < -0.39 is 0 Å². The molecule has 0 aliphatic carbocycles. The lowest BCUT2D eigenvalue weighted by Crippen LogP contribution is -1.97. The molecular formula is C13H10O3. The molecule has 0 bridgehead atoms. The Morgan fingerprint density at radius 2 is 2.25 bits per heavy atom. The first kappa shape index (κ1) is 10.3. The van der Waals surface area contributed by atoms with Crippen LogP contribution in [-0.2, 0) is 0 Å². The van der Waals surface area contributed by atoms with Crippen LogP contribution >= 0.6 is 0 Å². The fraction of sp³-hybridized carbons (Fsp3) is 0.154. The molecule has 0 saturated heterocycles. The third kappa shape index (κ3) is 1.91. The zero-order chi connectivity index (χ0) is 11.5. The van der Waals surface area contributed by atoms with Gasteiger partial charge in [-0.15, -0.1) is 6.42 Å². The molecule has 0 radical (unpaired) electrons. The Kier molecular flexibility index (Phi) is 2.65. The summed E-state index contributed by atoms with van der Waals surface area (Å²) in [6.07, 6.45) is 5.10. The highest BCUT2D eigenvalue weighted by atomic mass is 16.5. The number of hydrogen-bond acceptors (Lipinski definition) is 3. The fourth-order valence-electron chi connectivity index (χ4n) is 1.53. The second kappa shape index (κ2) is 4.11. The van der Waals surface area contributed by atoms with Crippen molar-refractivity contribution in [2.45, 2.75) is 6.92 Å². The highest BCUT2D eigenvalue weighted by Crippen LogP contribution is 2.23. The Morgan fingerprint density at radius 3 is 3.00 bits per heavy atom. The summed E-state index contributed by atoms with van der Waals surface area (Å²) in [6, 6.07) is 6.67. The maximum Gasteiger partial charge on any atom is 0.336 e. The average Bonchev–Trinajstić information content (AvgIpc) is 2.25. The van der Waals surface area contributed by atoms with Gasteiger partial charge in [-0.3, -0.25) is 0 Å². The summed E-state index contributed by atoms with van der Waals surface area (Å²) in [5.41, 5.74) is 1.12. The van der Waals surface area contributed by atoms with Crippen LogP contribution in [0.1, 0.15) is 5.56 Å². The molecule has 0 spiro atoms. The third-order valence-corrected chi connectivity index (χ3v) is 2.24. The van der Waals surface area contributed by atoms with E-state index in [-0.39, 0.29) is 12.2 Å². The van der Waals surface area contributed by atoms with E-state index >= 15 is 0 Å². The molecule has 1 aromatic heterocycles. The summed E-state index contributed by atoms with van der Waals surface area (Å²) < 4.78 is 10.4. The van der Waals surface area contributed by atoms with Crippen LogP contribution in [0.2, 0.25) is 0 Å². The van der Waals surface area contributed by atoms with Crippen LogP contribution in [0.3, 0.4) is 0 Å². The lowest BCUT2D eigenvalue weighted by molar-refractivity contribution is 0.370. The van der Waals surface area contributed by atoms with E-state index in [9.17, 15) is 4.79 Å². The Bertz CT molecular complexity index is 617. The van der Waals surface area contributed by atoms with Crippen LogP contribution in [0.15, 0.2) is 33.5 Å². The van der Waals surface area contributed by atoms with Crippen LogP contribution in [0.25, 0.3) is 11.0 Å². The van der Waals surface area contributed by atoms with Gasteiger partial charge in [-0.25, -0.2) is 4.79 Å². The van der Waals surface area contributed by atoms with Crippen LogP contribution < -0.4 is 10.4 Å². The monoisotopic (exact) mass is 214 g/mol. The highest BCUT2D eigenvalue weighted by molar-refractivity contribution is 5.81. The molecule has 0 fully saturated rings. The van der Waals surface area contributed by atoms with Gasteiger partial charge < -0.3 is 9.15 Å². The van der Waals surface area contributed by atoms with Crippen LogP contribution in [0, 0.1) is 19.3 Å². The third-order valence-electron chi connectivity index (χ3n) is 2.24. The van der Waals surface area contributed by atoms with Crippen molar-refractivity contribution >= 4 is 11.0 Å². The minimum Gasteiger partial charge on any atom is -0.481 e. The molecule has 0 atom stereocenters. The van der Waals surface area contributed by atoms with E-state index in [1.165, 1.54) is 6.07 Å². The van der Waals surface area contributed by atoms with Crippen LogP contribution in [0.5, 0.6) is 5.75 Å². The quantitative estimate of drug-likeness (QED) is 0.567. The number of benzene rings is 1. The summed E-state index contributed by atoms with van der Waals surface area (Å²) in [5.74, 6) is 2.99. The zero-order valence-corrected chi connectivity index (χ0v) is 8.82. The molecule has 0 aliphatic heterocycles. The van der Waals surface area contributed by atoms with E-state index in [2.05, 4.69) is 5.92 Å². The van der Waals surface area contributed by atoms with Gasteiger partial charge in [0.2, 0.25) is 0 Å². The molecule has 0 aliphatic rings. The molecule has 0 saturated carbocycles. The van der Waals surface area contributed by atoms with E-state index in [0.717, 1.165) is 10.9 Å². The predicted octanol–water partition coefficient (Wildman–Crippen LogP) is 2.11. The molecule has 0 N–H and O–H groups in total. The standard InChI is InChI=1S/C13H10O3/c1-3-6-15-10-7-9(2)11-4-5-13(14)16-12(11)8-10/h1,4-5,7-8H,6H2,2H3. The van der Waals surface area contributed by atoms with Gasteiger partial charge in [-0.05, 0) is 24.6 Å². The van der Waals surface area contributed by atoms with Gasteiger partial charge in [0.25, 0.3) is 0 Å². The van der Waals surface area contributed by atoms with Gasteiger partial charge in [0.05, 0.1) is 0 Å². The number of fused-ring (bicyclic) bond motifs is 1. The fourth-order valence-corrected chi connectivity index (χ4v) is 1.53. The van der Waals surface area contributed by atoms with Crippen molar-refractivity contribution in [2.75, 3.05) is 6.61 Å². The Morgan fingerprint density at radius 1 is 1.44 bits per heavy atom. The van der Waals surface area contributed by atoms with Crippen molar-refractivity contribution in [2.24, 2.45) is 0 Å². The smallest absolute Gasteiger partial charge is 0.336 e. The number of ether oxygens (including phenoxy) is 1. The van der Waals surface area contributed by atoms with E-state index in [4.69, 9.17) is 15.6 Å². The number of terminal acetylenes is 1. The van der Waals surface area contributed by atoms with Gasteiger partial charge in [-0.1, -0.05) is 5.92 Å². The molecule has 2 aromatic rings. The normalized spacial score (nSPS) is 10.0. The first-order valence-corrected chi connectivity index (χ1v) is 4.81. The molecule has 16 heavy (non-hydrogen) atoms. The minimum atomic E-state index is -0.374. The summed E-state index contributed by atoms with van der Waals surface area (Å²) in [4.78, 5) is 11.1. The van der Waals surface area contributed by atoms with Gasteiger partial charge in [-0.2, -0.15) is 0 Å². The maximum absolute atomic E-state index is 11.1. The SMILES string of the molecule is C#CCOc1cc(C)c2ccc(=O)oc2c1. The lowest BCUT2D eigenvalue weighted by Gasteiger charge is -2.05. The molecule has 1 heterocycles. The van der Waals surface area contributed by atoms with Gasteiger partial charge in [0.1, 0.15) is 17.9 Å². The number of aryl methyl sites for hydroxylation is 1. The van der Waals surface area contributed by atoms with Crippen LogP contribution in [-0.4, -0.2) is 6.61 Å². The number of rotatable bonds is 2. The van der Waals surface area contributed by atoms with Crippen molar-refractivity contribution in [3.05, 3.63) is 40.2 Å². The molecule has 3 nitrogen and oxygen atoms in total. The maximum atomic E-state index is 11.1. The topological polar surface area (TPSA) is 39.4 Å². The van der Waals surface area contributed by atoms with E-state index in [1.54, 1.807) is 12.1 Å². The summed E-state index contributed by atoms with van der Waals surface area (Å²) in [7, 11) is 0. The summed E-state index contributed by atoms with van der Waals surface area (Å²) in [5, 5.41) is 0.896. The largest absolute Gasteiger partial charge is 0.481 e. The first-order valence-electron chi connectivity index (χ1n) is 4.81. The second-order valence-corrected chi connectivity index (χ2v) is 3.40. The highest BCUT2D eigenvalue weighted by Gasteiger charge is 2.04. The van der Waals surface area contributed by atoms with Crippen molar-refractivity contribution in [1.29, 1.82) is 0 Å². The summed E-state index contributed by atoms with van der Waals surface area (Å²) in [6.45, 7) is 2.12. The van der Waals surface area contributed by atoms with Gasteiger partial charge in [0, 0.05) is 17.5 Å². The van der Waals surface area contributed by atoms with Crippen molar-refractivity contribution in [3.63, 3.8) is 0 Å².